The van der Waals surface area contributed by atoms with E-state index >= 15 is 0 Å². The summed E-state index contributed by atoms with van der Waals surface area (Å²) in [7, 11) is 0. The molecule has 0 spiro atoms. The largest absolute Gasteiger partial charge is 0.493 e. The van der Waals surface area contributed by atoms with Crippen LogP contribution in [-0.4, -0.2) is 6.61 Å². The summed E-state index contributed by atoms with van der Waals surface area (Å²) in [5, 5.41) is 0. The fourth-order valence-corrected chi connectivity index (χ4v) is 2.63. The molecule has 0 aromatic heterocycles. The van der Waals surface area contributed by atoms with Gasteiger partial charge >= 0.3 is 0 Å². The molecule has 3 N–H and O–H groups in total. The molecule has 0 aliphatic heterocycles. The summed E-state index contributed by atoms with van der Waals surface area (Å²) in [6, 6.07) is 15.9. The van der Waals surface area contributed by atoms with Crippen molar-refractivity contribution in [3.63, 3.8) is 0 Å². The Bertz CT molecular complexity index is 560. The van der Waals surface area contributed by atoms with Crippen LogP contribution in [-0.2, 0) is 0 Å². The predicted octanol–water partition coefficient (Wildman–Crippen LogP) is 3.79. The van der Waals surface area contributed by atoms with Gasteiger partial charge in [0.25, 0.3) is 0 Å². The number of para-hydroxylation sites is 1. The van der Waals surface area contributed by atoms with Crippen LogP contribution in [0.3, 0.4) is 0 Å². The summed E-state index contributed by atoms with van der Waals surface area (Å²) in [6.07, 6.45) is 0.976. The van der Waals surface area contributed by atoms with Gasteiger partial charge in [-0.25, -0.2) is 5.43 Å². The number of hydrogen-bond donors (Lipinski definition) is 2. The molecule has 0 amide bonds. The van der Waals surface area contributed by atoms with E-state index in [1.807, 2.05) is 48.5 Å². The summed E-state index contributed by atoms with van der Waals surface area (Å²) in [6.45, 7) is 2.79. The molecule has 0 saturated carbocycles. The van der Waals surface area contributed by atoms with Crippen molar-refractivity contribution in [2.75, 3.05) is 6.61 Å². The van der Waals surface area contributed by atoms with Crippen molar-refractivity contribution in [1.82, 2.24) is 5.43 Å². The van der Waals surface area contributed by atoms with Crippen LogP contribution >= 0.6 is 15.9 Å². The molecule has 0 heterocycles. The highest BCUT2D eigenvalue weighted by Crippen LogP contribution is 2.33. The summed E-state index contributed by atoms with van der Waals surface area (Å²) in [5.41, 5.74) is 5.01. The second kappa shape index (κ2) is 7.43. The van der Waals surface area contributed by atoms with Crippen molar-refractivity contribution >= 4 is 15.9 Å². The maximum atomic E-state index is 5.82. The molecule has 0 saturated heterocycles. The van der Waals surface area contributed by atoms with Crippen LogP contribution in [0.1, 0.15) is 30.5 Å². The van der Waals surface area contributed by atoms with E-state index in [1.165, 1.54) is 0 Å². The van der Waals surface area contributed by atoms with Crippen LogP contribution < -0.4 is 16.0 Å². The SMILES string of the molecule is CCCOc1ccccc1C(NN)c1ccccc1Br. The van der Waals surface area contributed by atoms with Gasteiger partial charge in [0, 0.05) is 10.0 Å². The molecule has 4 heteroatoms. The van der Waals surface area contributed by atoms with Gasteiger partial charge in [0.15, 0.2) is 0 Å². The Labute approximate surface area is 128 Å². The monoisotopic (exact) mass is 334 g/mol. The van der Waals surface area contributed by atoms with Crippen molar-refractivity contribution in [1.29, 1.82) is 0 Å². The zero-order chi connectivity index (χ0) is 14.4. The third-order valence-corrected chi connectivity index (χ3v) is 3.80. The van der Waals surface area contributed by atoms with Crippen molar-refractivity contribution < 1.29 is 4.74 Å². The van der Waals surface area contributed by atoms with Crippen molar-refractivity contribution in [3.8, 4) is 5.75 Å². The second-order valence-electron chi connectivity index (χ2n) is 4.51. The van der Waals surface area contributed by atoms with Crippen LogP contribution in [0, 0.1) is 0 Å². The fraction of sp³-hybridized carbons (Fsp3) is 0.250. The van der Waals surface area contributed by atoms with Gasteiger partial charge < -0.3 is 4.74 Å². The number of hydrogen-bond acceptors (Lipinski definition) is 3. The van der Waals surface area contributed by atoms with E-state index in [9.17, 15) is 0 Å². The van der Waals surface area contributed by atoms with Gasteiger partial charge in [-0.3, -0.25) is 5.84 Å². The first-order valence-corrected chi connectivity index (χ1v) is 7.49. The molecule has 0 aliphatic rings. The van der Waals surface area contributed by atoms with Gasteiger partial charge in [0.2, 0.25) is 0 Å². The van der Waals surface area contributed by atoms with Crippen LogP contribution in [0.2, 0.25) is 0 Å². The lowest BCUT2D eigenvalue weighted by atomic mass is 9.98. The van der Waals surface area contributed by atoms with Crippen molar-refractivity contribution in [3.05, 3.63) is 64.1 Å². The van der Waals surface area contributed by atoms with Crippen molar-refractivity contribution in [2.45, 2.75) is 19.4 Å². The molecule has 0 radical (unpaired) electrons. The third-order valence-electron chi connectivity index (χ3n) is 3.07. The molecule has 2 rings (SSSR count). The molecule has 1 atom stereocenters. The number of halogens is 1. The van der Waals surface area contributed by atoms with Gasteiger partial charge in [0.1, 0.15) is 5.75 Å². The molecule has 106 valence electrons. The van der Waals surface area contributed by atoms with Crippen LogP contribution in [0.5, 0.6) is 5.75 Å². The Morgan fingerprint density at radius 2 is 1.75 bits per heavy atom. The van der Waals surface area contributed by atoms with E-state index in [4.69, 9.17) is 10.6 Å². The summed E-state index contributed by atoms with van der Waals surface area (Å²) < 4.78 is 6.84. The summed E-state index contributed by atoms with van der Waals surface area (Å²) in [5.74, 6) is 6.65. The van der Waals surface area contributed by atoms with Crippen LogP contribution in [0.25, 0.3) is 0 Å². The third kappa shape index (κ3) is 3.39. The predicted molar refractivity (Wildman–Crippen MR) is 85.5 cm³/mol. The molecule has 3 nitrogen and oxygen atoms in total. The molecule has 1 unspecified atom stereocenters. The average Bonchev–Trinajstić information content (AvgIpc) is 2.49. The highest BCUT2D eigenvalue weighted by Gasteiger charge is 2.18. The first kappa shape index (κ1) is 15.0. The van der Waals surface area contributed by atoms with E-state index < -0.39 is 0 Å². The molecular weight excluding hydrogens is 316 g/mol. The molecule has 0 fully saturated rings. The lowest BCUT2D eigenvalue weighted by Gasteiger charge is -2.21. The van der Waals surface area contributed by atoms with Gasteiger partial charge in [-0.1, -0.05) is 59.3 Å². The van der Waals surface area contributed by atoms with Gasteiger partial charge in [-0.05, 0) is 24.1 Å². The highest BCUT2D eigenvalue weighted by molar-refractivity contribution is 9.10. The maximum Gasteiger partial charge on any atom is 0.124 e. The zero-order valence-corrected chi connectivity index (χ0v) is 13.1. The smallest absolute Gasteiger partial charge is 0.124 e. The number of rotatable bonds is 6. The molecule has 2 aromatic carbocycles. The van der Waals surface area contributed by atoms with E-state index in [-0.39, 0.29) is 6.04 Å². The molecule has 20 heavy (non-hydrogen) atoms. The zero-order valence-electron chi connectivity index (χ0n) is 11.5. The molecular formula is C16H19BrN2O. The summed E-state index contributed by atoms with van der Waals surface area (Å²) in [4.78, 5) is 0. The molecule has 2 aromatic rings. The Morgan fingerprint density at radius 3 is 2.40 bits per heavy atom. The Hall–Kier alpha value is -1.36. The van der Waals surface area contributed by atoms with Crippen molar-refractivity contribution in [2.24, 2.45) is 5.84 Å². The lowest BCUT2D eigenvalue weighted by molar-refractivity contribution is 0.311. The Morgan fingerprint density at radius 1 is 1.10 bits per heavy atom. The number of nitrogens with one attached hydrogen (secondary N) is 1. The number of benzene rings is 2. The van der Waals surface area contributed by atoms with E-state index in [0.717, 1.165) is 27.8 Å². The lowest BCUT2D eigenvalue weighted by Crippen LogP contribution is -2.29. The first-order valence-electron chi connectivity index (χ1n) is 6.70. The van der Waals surface area contributed by atoms with Crippen LogP contribution in [0.15, 0.2) is 53.0 Å². The number of hydrazine groups is 1. The Balaban J connectivity index is 2.39. The minimum absolute atomic E-state index is 0.112. The standard InChI is InChI=1S/C16H19BrN2O/c1-2-11-20-15-10-6-4-8-13(15)16(19-18)12-7-3-5-9-14(12)17/h3-10,16,19H,2,11,18H2,1H3. The van der Waals surface area contributed by atoms with Gasteiger partial charge in [-0.15, -0.1) is 0 Å². The molecule has 0 aliphatic carbocycles. The van der Waals surface area contributed by atoms with Gasteiger partial charge in [-0.2, -0.15) is 0 Å². The van der Waals surface area contributed by atoms with Gasteiger partial charge in [0.05, 0.1) is 12.6 Å². The molecule has 0 bridgehead atoms. The Kier molecular flexibility index (Phi) is 5.59. The topological polar surface area (TPSA) is 47.3 Å². The first-order chi connectivity index (χ1) is 9.77. The fourth-order valence-electron chi connectivity index (χ4n) is 2.12. The summed E-state index contributed by atoms with van der Waals surface area (Å²) >= 11 is 3.58. The van der Waals surface area contributed by atoms with E-state index in [2.05, 4.69) is 28.3 Å². The highest BCUT2D eigenvalue weighted by atomic mass is 79.9. The minimum atomic E-state index is -0.112. The second-order valence-corrected chi connectivity index (χ2v) is 5.36. The van der Waals surface area contributed by atoms with E-state index in [1.54, 1.807) is 0 Å². The minimum Gasteiger partial charge on any atom is -0.493 e. The number of ether oxygens (including phenoxy) is 1. The average molecular weight is 335 g/mol. The normalized spacial score (nSPS) is 12.2. The maximum absolute atomic E-state index is 5.82. The number of nitrogens with two attached hydrogens (primary N) is 1. The van der Waals surface area contributed by atoms with E-state index in [0.29, 0.717) is 6.61 Å². The van der Waals surface area contributed by atoms with Crippen LogP contribution in [0.4, 0.5) is 0 Å². The quantitative estimate of drug-likeness (QED) is 0.624.